The molecule has 0 amide bonds. The number of fused-ring (bicyclic) bond motifs is 1. The van der Waals surface area contributed by atoms with Gasteiger partial charge in [0, 0.05) is 29.1 Å². The van der Waals surface area contributed by atoms with E-state index in [0.29, 0.717) is 6.54 Å². The lowest BCUT2D eigenvalue weighted by atomic mass is 10.0. The Hall–Kier alpha value is -1.51. The summed E-state index contributed by atoms with van der Waals surface area (Å²) >= 11 is 6.25. The van der Waals surface area contributed by atoms with Crippen LogP contribution in [0.4, 0.5) is 0 Å². The van der Waals surface area contributed by atoms with E-state index in [1.165, 1.54) is 5.56 Å². The SMILES string of the molecule is NC[C@@H]1Cc2cccc(-c3ccccc3Cl)c2O1. The Balaban J connectivity index is 2.11. The van der Waals surface area contributed by atoms with Crippen LogP contribution in [0.5, 0.6) is 5.75 Å². The molecule has 1 heterocycles. The molecule has 92 valence electrons. The highest BCUT2D eigenvalue weighted by atomic mass is 35.5. The van der Waals surface area contributed by atoms with E-state index < -0.39 is 0 Å². The zero-order chi connectivity index (χ0) is 12.5. The van der Waals surface area contributed by atoms with E-state index >= 15 is 0 Å². The van der Waals surface area contributed by atoms with Crippen LogP contribution in [-0.4, -0.2) is 12.6 Å². The first-order valence-corrected chi connectivity index (χ1v) is 6.41. The molecule has 0 fully saturated rings. The van der Waals surface area contributed by atoms with Crippen molar-refractivity contribution in [3.63, 3.8) is 0 Å². The Bertz CT molecular complexity index is 582. The van der Waals surface area contributed by atoms with Gasteiger partial charge in [-0.05, 0) is 11.6 Å². The van der Waals surface area contributed by atoms with Gasteiger partial charge in [0.15, 0.2) is 0 Å². The van der Waals surface area contributed by atoms with E-state index in [0.717, 1.165) is 28.3 Å². The van der Waals surface area contributed by atoms with Gasteiger partial charge in [0.05, 0.1) is 0 Å². The van der Waals surface area contributed by atoms with E-state index in [1.54, 1.807) is 0 Å². The monoisotopic (exact) mass is 259 g/mol. The predicted octanol–water partition coefficient (Wildman–Crippen LogP) is 3.27. The van der Waals surface area contributed by atoms with Crippen molar-refractivity contribution in [2.45, 2.75) is 12.5 Å². The van der Waals surface area contributed by atoms with Crippen LogP contribution in [0.25, 0.3) is 11.1 Å². The van der Waals surface area contributed by atoms with Gasteiger partial charge in [0.2, 0.25) is 0 Å². The number of hydrogen-bond donors (Lipinski definition) is 1. The Morgan fingerprint density at radius 1 is 1.11 bits per heavy atom. The molecule has 18 heavy (non-hydrogen) atoms. The molecule has 1 aliphatic rings. The largest absolute Gasteiger partial charge is 0.488 e. The van der Waals surface area contributed by atoms with E-state index in [1.807, 2.05) is 36.4 Å². The molecule has 3 rings (SSSR count). The fourth-order valence-electron chi connectivity index (χ4n) is 2.36. The minimum atomic E-state index is 0.0867. The van der Waals surface area contributed by atoms with E-state index in [4.69, 9.17) is 22.1 Å². The molecule has 3 heteroatoms. The van der Waals surface area contributed by atoms with Gasteiger partial charge in [0.25, 0.3) is 0 Å². The smallest absolute Gasteiger partial charge is 0.131 e. The van der Waals surface area contributed by atoms with Crippen molar-refractivity contribution in [2.24, 2.45) is 5.73 Å². The maximum atomic E-state index is 6.25. The number of ether oxygens (including phenoxy) is 1. The van der Waals surface area contributed by atoms with Crippen molar-refractivity contribution < 1.29 is 4.74 Å². The zero-order valence-electron chi connectivity index (χ0n) is 9.90. The Labute approximate surface area is 111 Å². The highest BCUT2D eigenvalue weighted by Crippen LogP contribution is 2.40. The number of halogens is 1. The molecule has 0 radical (unpaired) electrons. The fourth-order valence-corrected chi connectivity index (χ4v) is 2.60. The maximum Gasteiger partial charge on any atom is 0.131 e. The van der Waals surface area contributed by atoms with Crippen LogP contribution in [0.3, 0.4) is 0 Å². The first-order valence-electron chi connectivity index (χ1n) is 6.03. The van der Waals surface area contributed by atoms with Gasteiger partial charge in [-0.1, -0.05) is 48.0 Å². The Morgan fingerprint density at radius 3 is 2.67 bits per heavy atom. The van der Waals surface area contributed by atoms with E-state index in [9.17, 15) is 0 Å². The van der Waals surface area contributed by atoms with Crippen LogP contribution >= 0.6 is 11.6 Å². The van der Waals surface area contributed by atoms with Crippen molar-refractivity contribution >= 4 is 11.6 Å². The molecular formula is C15H14ClNO. The summed E-state index contributed by atoms with van der Waals surface area (Å²) in [5.41, 5.74) is 8.95. The fraction of sp³-hybridized carbons (Fsp3) is 0.200. The standard InChI is InChI=1S/C15H14ClNO/c16-14-7-2-1-5-12(14)13-6-3-4-10-8-11(9-17)18-15(10)13/h1-7,11H,8-9,17H2/t11-/m0/s1. The molecule has 2 N–H and O–H groups in total. The summed E-state index contributed by atoms with van der Waals surface area (Å²) in [6.45, 7) is 0.538. The average Bonchev–Trinajstić information content (AvgIpc) is 2.82. The highest BCUT2D eigenvalue weighted by molar-refractivity contribution is 6.33. The molecule has 0 aliphatic carbocycles. The summed E-state index contributed by atoms with van der Waals surface area (Å²) in [6, 6.07) is 14.0. The summed E-state index contributed by atoms with van der Waals surface area (Å²) in [5, 5.41) is 0.741. The number of nitrogens with two attached hydrogens (primary N) is 1. The lowest BCUT2D eigenvalue weighted by Gasteiger charge is -2.11. The van der Waals surface area contributed by atoms with E-state index in [-0.39, 0.29) is 6.10 Å². The molecule has 2 aromatic rings. The lowest BCUT2D eigenvalue weighted by molar-refractivity contribution is 0.242. The third-order valence-electron chi connectivity index (χ3n) is 3.26. The molecule has 2 nitrogen and oxygen atoms in total. The molecule has 0 spiro atoms. The van der Waals surface area contributed by atoms with Gasteiger partial charge in [-0.25, -0.2) is 0 Å². The topological polar surface area (TPSA) is 35.2 Å². The third kappa shape index (κ3) is 1.88. The quantitative estimate of drug-likeness (QED) is 0.898. The van der Waals surface area contributed by atoms with Crippen molar-refractivity contribution in [1.29, 1.82) is 0 Å². The second-order valence-electron chi connectivity index (χ2n) is 4.45. The minimum absolute atomic E-state index is 0.0867. The molecule has 0 aromatic heterocycles. The normalized spacial score (nSPS) is 17.3. The molecule has 0 bridgehead atoms. The summed E-state index contributed by atoms with van der Waals surface area (Å²) in [7, 11) is 0. The lowest BCUT2D eigenvalue weighted by Crippen LogP contribution is -2.24. The van der Waals surface area contributed by atoms with Gasteiger partial charge >= 0.3 is 0 Å². The van der Waals surface area contributed by atoms with Crippen LogP contribution in [0.1, 0.15) is 5.56 Å². The van der Waals surface area contributed by atoms with Gasteiger partial charge in [-0.2, -0.15) is 0 Å². The van der Waals surface area contributed by atoms with Gasteiger partial charge in [0.1, 0.15) is 11.9 Å². The van der Waals surface area contributed by atoms with Crippen LogP contribution in [0, 0.1) is 0 Å². The van der Waals surface area contributed by atoms with Crippen LogP contribution < -0.4 is 10.5 Å². The molecule has 0 unspecified atom stereocenters. The molecule has 2 aromatic carbocycles. The summed E-state index contributed by atoms with van der Waals surface area (Å²) < 4.78 is 5.91. The highest BCUT2D eigenvalue weighted by Gasteiger charge is 2.24. The van der Waals surface area contributed by atoms with Gasteiger partial charge in [-0.3, -0.25) is 0 Å². The molecular weight excluding hydrogens is 246 g/mol. The van der Waals surface area contributed by atoms with Gasteiger partial charge < -0.3 is 10.5 Å². The third-order valence-corrected chi connectivity index (χ3v) is 3.59. The van der Waals surface area contributed by atoms with Crippen LogP contribution in [0.15, 0.2) is 42.5 Å². The molecule has 1 aliphatic heterocycles. The second kappa shape index (κ2) is 4.63. The number of para-hydroxylation sites is 1. The summed E-state index contributed by atoms with van der Waals surface area (Å²) in [4.78, 5) is 0. The second-order valence-corrected chi connectivity index (χ2v) is 4.86. The molecule has 1 atom stereocenters. The first kappa shape index (κ1) is 11.6. The van der Waals surface area contributed by atoms with Crippen LogP contribution in [0.2, 0.25) is 5.02 Å². The number of rotatable bonds is 2. The average molecular weight is 260 g/mol. The summed E-state index contributed by atoms with van der Waals surface area (Å²) in [6.07, 6.45) is 0.966. The number of hydrogen-bond acceptors (Lipinski definition) is 2. The molecule has 0 saturated carbocycles. The summed E-state index contributed by atoms with van der Waals surface area (Å²) in [5.74, 6) is 0.932. The predicted molar refractivity (Wildman–Crippen MR) is 74.1 cm³/mol. The van der Waals surface area contributed by atoms with Gasteiger partial charge in [-0.15, -0.1) is 0 Å². The zero-order valence-corrected chi connectivity index (χ0v) is 10.7. The molecule has 0 saturated heterocycles. The van der Waals surface area contributed by atoms with Crippen LogP contribution in [-0.2, 0) is 6.42 Å². The van der Waals surface area contributed by atoms with Crippen molar-refractivity contribution in [2.75, 3.05) is 6.54 Å². The Kier molecular flexibility index (Phi) is 2.98. The first-order chi connectivity index (χ1) is 8.79. The maximum absolute atomic E-state index is 6.25. The van der Waals surface area contributed by atoms with Crippen molar-refractivity contribution in [1.82, 2.24) is 0 Å². The van der Waals surface area contributed by atoms with Crippen molar-refractivity contribution in [3.8, 4) is 16.9 Å². The van der Waals surface area contributed by atoms with Crippen molar-refractivity contribution in [3.05, 3.63) is 53.1 Å². The number of benzene rings is 2. The van der Waals surface area contributed by atoms with E-state index in [2.05, 4.69) is 6.07 Å². The minimum Gasteiger partial charge on any atom is -0.488 e. The Morgan fingerprint density at radius 2 is 1.89 bits per heavy atom.